The monoisotopic (exact) mass is 386 g/mol. The van der Waals surface area contributed by atoms with Crippen LogP contribution in [0.3, 0.4) is 0 Å². The molecule has 0 fully saturated rings. The largest absolute Gasteiger partial charge is 0.506 e. The average Bonchev–Trinajstić information content (AvgIpc) is 2.48. The molecule has 0 radical (unpaired) electrons. The van der Waals surface area contributed by atoms with E-state index < -0.39 is 16.4 Å². The third-order valence-corrected chi connectivity index (χ3v) is 5.41. The number of benzene rings is 1. The fourth-order valence-electron chi connectivity index (χ4n) is 1.89. The molecule has 1 aromatic rings. The molecule has 1 aliphatic carbocycles. The molecule has 0 atom stereocenters. The van der Waals surface area contributed by atoms with E-state index in [1.807, 2.05) is 0 Å². The third kappa shape index (κ3) is 4.25. The maximum absolute atomic E-state index is 11.8. The molecule has 0 heterocycles. The minimum atomic E-state index is -3.39. The Hall–Kier alpha value is -1.51. The number of halogens is 1. The number of rotatable bonds is 5. The summed E-state index contributed by atoms with van der Waals surface area (Å²) in [6.45, 7) is -0.391. The Morgan fingerprint density at radius 2 is 1.95 bits per heavy atom. The van der Waals surface area contributed by atoms with Gasteiger partial charge in [-0.1, -0.05) is 28.1 Å². The Morgan fingerprint density at radius 3 is 2.59 bits per heavy atom. The number of phenols is 1. The standard InChI is InChI=1S/C14H15BrN2O4S/c15-10-1-6-14(19)13(9-10)17-16-11-2-4-12(5-3-11)22(20,21)8-7-18/h1-2,5-6,9,18-19H,3-4,7-8H2. The molecule has 0 amide bonds. The second-order valence-corrected chi connectivity index (χ2v) is 7.73. The van der Waals surface area contributed by atoms with Crippen LogP contribution in [0.1, 0.15) is 12.8 Å². The second-order valence-electron chi connectivity index (χ2n) is 4.65. The van der Waals surface area contributed by atoms with Crippen molar-refractivity contribution in [2.45, 2.75) is 12.8 Å². The number of phenolic OH excluding ortho intramolecular Hbond substituents is 1. The van der Waals surface area contributed by atoms with Crippen molar-refractivity contribution < 1.29 is 18.6 Å². The average molecular weight is 387 g/mol. The van der Waals surface area contributed by atoms with E-state index in [1.165, 1.54) is 6.07 Å². The Balaban J connectivity index is 2.07. The Kier molecular flexibility index (Phi) is 5.49. The van der Waals surface area contributed by atoms with Gasteiger partial charge in [0.15, 0.2) is 9.84 Å². The Bertz CT molecular complexity index is 754. The van der Waals surface area contributed by atoms with Gasteiger partial charge < -0.3 is 10.2 Å². The van der Waals surface area contributed by atoms with Crippen LogP contribution in [0.25, 0.3) is 0 Å². The number of aliphatic hydroxyl groups excluding tert-OH is 1. The van der Waals surface area contributed by atoms with E-state index in [1.54, 1.807) is 24.3 Å². The smallest absolute Gasteiger partial charge is 0.176 e. The summed E-state index contributed by atoms with van der Waals surface area (Å²) in [4.78, 5) is 0.297. The second kappa shape index (κ2) is 7.17. The highest BCUT2D eigenvalue weighted by Crippen LogP contribution is 2.31. The number of sulfone groups is 1. The number of azo groups is 1. The maximum atomic E-state index is 11.8. The van der Waals surface area contributed by atoms with E-state index in [4.69, 9.17) is 5.11 Å². The van der Waals surface area contributed by atoms with Crippen LogP contribution < -0.4 is 0 Å². The van der Waals surface area contributed by atoms with Gasteiger partial charge in [-0.2, -0.15) is 5.11 Å². The van der Waals surface area contributed by atoms with Gasteiger partial charge in [0.05, 0.1) is 18.1 Å². The van der Waals surface area contributed by atoms with Crippen molar-refractivity contribution in [3.63, 3.8) is 0 Å². The summed E-state index contributed by atoms with van der Waals surface area (Å²) in [5, 5.41) is 26.4. The molecule has 0 bridgehead atoms. The molecule has 118 valence electrons. The first kappa shape index (κ1) is 16.9. The van der Waals surface area contributed by atoms with Gasteiger partial charge in [0.25, 0.3) is 0 Å². The summed E-state index contributed by atoms with van der Waals surface area (Å²) in [5.74, 6) is -0.250. The minimum Gasteiger partial charge on any atom is -0.506 e. The molecule has 0 spiro atoms. The summed E-state index contributed by atoms with van der Waals surface area (Å²) >= 11 is 3.28. The van der Waals surface area contributed by atoms with E-state index in [2.05, 4.69) is 26.2 Å². The summed E-state index contributed by atoms with van der Waals surface area (Å²) in [7, 11) is -3.39. The molecular formula is C14H15BrN2O4S. The quantitative estimate of drug-likeness (QED) is 0.758. The van der Waals surface area contributed by atoms with Gasteiger partial charge in [-0.05, 0) is 18.2 Å². The normalized spacial score (nSPS) is 15.7. The predicted octanol–water partition coefficient (Wildman–Crippen LogP) is 3.21. The van der Waals surface area contributed by atoms with Crippen molar-refractivity contribution in [2.24, 2.45) is 10.2 Å². The predicted molar refractivity (Wildman–Crippen MR) is 86.6 cm³/mol. The molecule has 0 aliphatic heterocycles. The van der Waals surface area contributed by atoms with Gasteiger partial charge in [-0.25, -0.2) is 8.42 Å². The number of allylic oxidation sites excluding steroid dienone is 3. The number of hydrogen-bond acceptors (Lipinski definition) is 6. The zero-order chi connectivity index (χ0) is 16.2. The lowest BCUT2D eigenvalue weighted by molar-refractivity contribution is 0.320. The molecule has 0 aromatic heterocycles. The van der Waals surface area contributed by atoms with Gasteiger partial charge >= 0.3 is 0 Å². The van der Waals surface area contributed by atoms with Gasteiger partial charge in [-0.3, -0.25) is 0 Å². The van der Waals surface area contributed by atoms with Crippen LogP contribution in [0.15, 0.2) is 55.7 Å². The zero-order valence-corrected chi connectivity index (χ0v) is 14.0. The van der Waals surface area contributed by atoms with E-state index in [9.17, 15) is 13.5 Å². The lowest BCUT2D eigenvalue weighted by Crippen LogP contribution is -2.13. The summed E-state index contributed by atoms with van der Waals surface area (Å²) in [6, 6.07) is 4.83. The summed E-state index contributed by atoms with van der Waals surface area (Å²) in [6.07, 6.45) is 3.85. The zero-order valence-electron chi connectivity index (χ0n) is 11.6. The fourth-order valence-corrected chi connectivity index (χ4v) is 3.41. The van der Waals surface area contributed by atoms with Crippen molar-refractivity contribution in [1.82, 2.24) is 0 Å². The van der Waals surface area contributed by atoms with E-state index in [0.717, 1.165) is 4.47 Å². The summed E-state index contributed by atoms with van der Waals surface area (Å²) in [5.41, 5.74) is 0.959. The van der Waals surface area contributed by atoms with Gasteiger partial charge in [0.1, 0.15) is 11.4 Å². The SMILES string of the molecule is O=S(=O)(CCO)C1=CCC(N=Nc2cc(Br)ccc2O)=CC1. The summed E-state index contributed by atoms with van der Waals surface area (Å²) < 4.78 is 24.4. The maximum Gasteiger partial charge on any atom is 0.176 e. The van der Waals surface area contributed by atoms with Crippen LogP contribution in [-0.2, 0) is 9.84 Å². The molecule has 8 heteroatoms. The molecule has 6 nitrogen and oxygen atoms in total. The van der Waals surface area contributed by atoms with E-state index in [0.29, 0.717) is 22.7 Å². The van der Waals surface area contributed by atoms with E-state index in [-0.39, 0.29) is 17.9 Å². The van der Waals surface area contributed by atoms with E-state index >= 15 is 0 Å². The number of aromatic hydroxyl groups is 1. The van der Waals surface area contributed by atoms with Crippen LogP contribution in [0.4, 0.5) is 5.69 Å². The van der Waals surface area contributed by atoms with Crippen molar-refractivity contribution >= 4 is 31.5 Å². The van der Waals surface area contributed by atoms with Crippen molar-refractivity contribution in [3.05, 3.63) is 45.4 Å². The molecule has 1 aliphatic rings. The fraction of sp³-hybridized carbons (Fsp3) is 0.286. The van der Waals surface area contributed by atoms with Crippen LogP contribution in [0.5, 0.6) is 5.75 Å². The first-order valence-electron chi connectivity index (χ1n) is 6.54. The molecular weight excluding hydrogens is 372 g/mol. The lowest BCUT2D eigenvalue weighted by atomic mass is 10.1. The highest BCUT2D eigenvalue weighted by molar-refractivity contribution is 9.10. The highest BCUT2D eigenvalue weighted by atomic mass is 79.9. The lowest BCUT2D eigenvalue weighted by Gasteiger charge is -2.11. The van der Waals surface area contributed by atoms with Crippen LogP contribution >= 0.6 is 15.9 Å². The Morgan fingerprint density at radius 1 is 1.18 bits per heavy atom. The van der Waals surface area contributed by atoms with Crippen molar-refractivity contribution in [3.8, 4) is 5.75 Å². The van der Waals surface area contributed by atoms with Gasteiger partial charge in [0.2, 0.25) is 0 Å². The third-order valence-electron chi connectivity index (χ3n) is 3.06. The van der Waals surface area contributed by atoms with Crippen LogP contribution in [0.2, 0.25) is 0 Å². The topological polar surface area (TPSA) is 99.3 Å². The minimum absolute atomic E-state index is 0.0186. The van der Waals surface area contributed by atoms with Gasteiger partial charge in [0, 0.05) is 22.2 Å². The van der Waals surface area contributed by atoms with Crippen LogP contribution in [-0.4, -0.2) is 31.0 Å². The molecule has 0 saturated heterocycles. The highest BCUT2D eigenvalue weighted by Gasteiger charge is 2.18. The molecule has 1 aromatic carbocycles. The molecule has 2 N–H and O–H groups in total. The first-order chi connectivity index (χ1) is 10.4. The first-order valence-corrected chi connectivity index (χ1v) is 8.99. The number of hydrogen-bond donors (Lipinski definition) is 2. The van der Waals surface area contributed by atoms with Crippen molar-refractivity contribution in [2.75, 3.05) is 12.4 Å². The van der Waals surface area contributed by atoms with Gasteiger partial charge in [-0.15, -0.1) is 5.11 Å². The van der Waals surface area contributed by atoms with Crippen molar-refractivity contribution in [1.29, 1.82) is 0 Å². The van der Waals surface area contributed by atoms with Crippen LogP contribution in [0, 0.1) is 0 Å². The molecule has 2 rings (SSSR count). The molecule has 0 unspecified atom stereocenters. The molecule has 22 heavy (non-hydrogen) atoms. The Labute approximate surface area is 136 Å². The number of nitrogens with zero attached hydrogens (tertiary/aromatic N) is 2. The molecule has 0 saturated carbocycles. The number of aliphatic hydroxyl groups is 1.